The van der Waals surface area contributed by atoms with Crippen molar-refractivity contribution in [1.82, 2.24) is 10.3 Å². The van der Waals surface area contributed by atoms with Crippen LogP contribution in [-0.2, 0) is 4.79 Å². The Balaban J connectivity index is 2.17. The van der Waals surface area contributed by atoms with Crippen molar-refractivity contribution in [2.45, 2.75) is 39.2 Å². The lowest BCUT2D eigenvalue weighted by molar-refractivity contribution is -0.122. The predicted octanol–water partition coefficient (Wildman–Crippen LogP) is 1.84. The molecule has 21 heavy (non-hydrogen) atoms. The van der Waals surface area contributed by atoms with Gasteiger partial charge in [-0.1, -0.05) is 13.0 Å². The molecule has 1 aliphatic heterocycles. The van der Waals surface area contributed by atoms with Crippen LogP contribution in [0.4, 0.5) is 5.82 Å². The van der Waals surface area contributed by atoms with Gasteiger partial charge in [-0.15, -0.1) is 0 Å². The normalized spacial score (nSPS) is 20.3. The monoisotopic (exact) mass is 290 g/mol. The number of piperidine rings is 1. The minimum Gasteiger partial charge on any atom is -0.369 e. The molecule has 1 amide bonds. The van der Waals surface area contributed by atoms with Gasteiger partial charge in [0, 0.05) is 30.9 Å². The van der Waals surface area contributed by atoms with E-state index in [1.54, 1.807) is 0 Å². The van der Waals surface area contributed by atoms with E-state index in [4.69, 9.17) is 5.73 Å². The second kappa shape index (κ2) is 7.41. The summed E-state index contributed by atoms with van der Waals surface area (Å²) in [6.07, 6.45) is 4.80. The third kappa shape index (κ3) is 3.94. The summed E-state index contributed by atoms with van der Waals surface area (Å²) in [4.78, 5) is 18.2. The molecule has 0 bridgehead atoms. The lowest BCUT2D eigenvalue weighted by Crippen LogP contribution is -2.42. The van der Waals surface area contributed by atoms with Gasteiger partial charge in [0.2, 0.25) is 5.91 Å². The van der Waals surface area contributed by atoms with E-state index in [9.17, 15) is 4.79 Å². The highest BCUT2D eigenvalue weighted by Gasteiger charge is 2.26. The molecule has 1 aromatic heterocycles. The number of primary amides is 1. The zero-order valence-electron chi connectivity index (χ0n) is 13.0. The van der Waals surface area contributed by atoms with Crippen molar-refractivity contribution in [2.24, 2.45) is 11.7 Å². The number of hydrogen-bond donors (Lipinski definition) is 2. The van der Waals surface area contributed by atoms with E-state index in [0.29, 0.717) is 6.54 Å². The van der Waals surface area contributed by atoms with E-state index in [2.05, 4.69) is 35.1 Å². The number of carbonyl (C=O) groups is 1. The largest absolute Gasteiger partial charge is 0.369 e. The molecule has 0 spiro atoms. The smallest absolute Gasteiger partial charge is 0.222 e. The van der Waals surface area contributed by atoms with E-state index in [1.165, 1.54) is 5.56 Å². The Bertz CT molecular complexity index is 477. The highest BCUT2D eigenvalue weighted by Crippen LogP contribution is 2.28. The van der Waals surface area contributed by atoms with Crippen LogP contribution in [-0.4, -0.2) is 30.5 Å². The summed E-state index contributed by atoms with van der Waals surface area (Å²) in [6, 6.07) is 4.34. The molecule has 1 fully saturated rings. The fraction of sp³-hybridized carbons (Fsp3) is 0.625. The van der Waals surface area contributed by atoms with Crippen molar-refractivity contribution in [3.63, 3.8) is 0 Å². The van der Waals surface area contributed by atoms with Crippen molar-refractivity contribution >= 4 is 11.7 Å². The average molecular weight is 290 g/mol. The van der Waals surface area contributed by atoms with E-state index >= 15 is 0 Å². The van der Waals surface area contributed by atoms with Crippen LogP contribution >= 0.6 is 0 Å². The lowest BCUT2D eigenvalue weighted by atomic mass is 9.96. The number of nitrogens with zero attached hydrogens (tertiary/aromatic N) is 2. The lowest BCUT2D eigenvalue weighted by Gasteiger charge is -2.34. The van der Waals surface area contributed by atoms with Crippen molar-refractivity contribution in [1.29, 1.82) is 0 Å². The molecule has 5 heteroatoms. The van der Waals surface area contributed by atoms with E-state index < -0.39 is 0 Å². The zero-order chi connectivity index (χ0) is 15.2. The SMILES string of the molecule is CCCNC(C)c1cccnc1N1CCCC(C(N)=O)C1. The molecule has 2 atom stereocenters. The third-order valence-electron chi connectivity index (χ3n) is 4.11. The molecule has 2 unspecified atom stereocenters. The van der Waals surface area contributed by atoms with Gasteiger partial charge in [0.25, 0.3) is 0 Å². The fourth-order valence-corrected chi connectivity index (χ4v) is 2.88. The summed E-state index contributed by atoms with van der Waals surface area (Å²) in [5.74, 6) is 0.724. The van der Waals surface area contributed by atoms with Gasteiger partial charge in [-0.3, -0.25) is 4.79 Å². The highest BCUT2D eigenvalue weighted by molar-refractivity contribution is 5.77. The number of nitrogens with two attached hydrogens (primary N) is 1. The first-order valence-corrected chi connectivity index (χ1v) is 7.86. The summed E-state index contributed by atoms with van der Waals surface area (Å²) >= 11 is 0. The molecule has 1 aliphatic rings. The van der Waals surface area contributed by atoms with Crippen LogP contribution in [0.25, 0.3) is 0 Å². The minimum atomic E-state index is -0.200. The van der Waals surface area contributed by atoms with Crippen molar-refractivity contribution in [3.05, 3.63) is 23.9 Å². The second-order valence-electron chi connectivity index (χ2n) is 5.78. The predicted molar refractivity (Wildman–Crippen MR) is 85.1 cm³/mol. The topological polar surface area (TPSA) is 71.2 Å². The van der Waals surface area contributed by atoms with E-state index in [1.807, 2.05) is 12.3 Å². The zero-order valence-corrected chi connectivity index (χ0v) is 13.0. The molecular weight excluding hydrogens is 264 g/mol. The standard InChI is InChI=1S/C16H26N4O/c1-3-8-18-12(2)14-7-4-9-19-16(14)20-10-5-6-13(11-20)15(17)21/h4,7,9,12-13,18H,3,5-6,8,10-11H2,1-2H3,(H2,17,21). The molecular formula is C16H26N4O. The fourth-order valence-electron chi connectivity index (χ4n) is 2.88. The number of aromatic nitrogens is 1. The van der Waals surface area contributed by atoms with E-state index in [0.717, 1.165) is 38.2 Å². The van der Waals surface area contributed by atoms with E-state index in [-0.39, 0.29) is 17.9 Å². The Labute approximate surface area is 126 Å². The molecule has 1 aromatic rings. The minimum absolute atomic E-state index is 0.0625. The Morgan fingerprint density at radius 2 is 2.43 bits per heavy atom. The molecule has 5 nitrogen and oxygen atoms in total. The van der Waals surface area contributed by atoms with Gasteiger partial charge in [0.05, 0.1) is 5.92 Å². The maximum atomic E-state index is 11.5. The van der Waals surface area contributed by atoms with Crippen LogP contribution in [0.15, 0.2) is 18.3 Å². The van der Waals surface area contributed by atoms with Crippen LogP contribution in [0.3, 0.4) is 0 Å². The molecule has 2 rings (SSSR count). The Hall–Kier alpha value is -1.62. The number of hydrogen-bond acceptors (Lipinski definition) is 4. The molecule has 0 radical (unpaired) electrons. The third-order valence-corrected chi connectivity index (χ3v) is 4.11. The molecule has 116 valence electrons. The molecule has 0 aliphatic carbocycles. The number of carbonyl (C=O) groups excluding carboxylic acids is 1. The molecule has 1 saturated heterocycles. The Morgan fingerprint density at radius 1 is 1.62 bits per heavy atom. The van der Waals surface area contributed by atoms with Crippen LogP contribution in [0.2, 0.25) is 0 Å². The van der Waals surface area contributed by atoms with Crippen molar-refractivity contribution < 1.29 is 4.79 Å². The first-order valence-electron chi connectivity index (χ1n) is 7.86. The van der Waals surface area contributed by atoms with Crippen molar-refractivity contribution in [3.8, 4) is 0 Å². The van der Waals surface area contributed by atoms with Gasteiger partial charge in [-0.25, -0.2) is 4.98 Å². The Morgan fingerprint density at radius 3 is 3.14 bits per heavy atom. The van der Waals surface area contributed by atoms with Gasteiger partial charge in [-0.05, 0) is 38.8 Å². The number of pyridine rings is 1. The summed E-state index contributed by atoms with van der Waals surface area (Å²) in [5, 5.41) is 3.50. The van der Waals surface area contributed by atoms with Gasteiger partial charge >= 0.3 is 0 Å². The summed E-state index contributed by atoms with van der Waals surface area (Å²) in [5.41, 5.74) is 6.66. The number of anilines is 1. The van der Waals surface area contributed by atoms with Crippen LogP contribution in [0.5, 0.6) is 0 Å². The quantitative estimate of drug-likeness (QED) is 0.838. The highest BCUT2D eigenvalue weighted by atomic mass is 16.1. The molecule has 0 saturated carbocycles. The first-order chi connectivity index (χ1) is 10.1. The Kier molecular flexibility index (Phi) is 5.56. The molecule has 0 aromatic carbocycles. The van der Waals surface area contributed by atoms with Crippen LogP contribution in [0.1, 0.15) is 44.7 Å². The van der Waals surface area contributed by atoms with Crippen molar-refractivity contribution in [2.75, 3.05) is 24.5 Å². The second-order valence-corrected chi connectivity index (χ2v) is 5.78. The summed E-state index contributed by atoms with van der Waals surface area (Å²) in [6.45, 7) is 6.92. The van der Waals surface area contributed by atoms with Crippen LogP contribution in [0, 0.1) is 5.92 Å². The maximum absolute atomic E-state index is 11.5. The summed E-state index contributed by atoms with van der Waals surface area (Å²) < 4.78 is 0. The van der Waals surface area contributed by atoms with Gasteiger partial charge < -0.3 is 16.0 Å². The summed E-state index contributed by atoms with van der Waals surface area (Å²) in [7, 11) is 0. The molecule has 3 N–H and O–H groups in total. The van der Waals surface area contributed by atoms with Gasteiger partial charge in [-0.2, -0.15) is 0 Å². The average Bonchev–Trinajstić information content (AvgIpc) is 2.52. The first kappa shape index (κ1) is 15.8. The molecule has 2 heterocycles. The maximum Gasteiger partial charge on any atom is 0.222 e. The van der Waals surface area contributed by atoms with Gasteiger partial charge in [0.1, 0.15) is 5.82 Å². The number of rotatable bonds is 6. The van der Waals surface area contributed by atoms with Crippen LogP contribution < -0.4 is 16.0 Å². The number of nitrogens with one attached hydrogen (secondary N) is 1. The number of amides is 1. The van der Waals surface area contributed by atoms with Gasteiger partial charge in [0.15, 0.2) is 0 Å².